The molecule has 0 saturated carbocycles. The van der Waals surface area contributed by atoms with Crippen molar-refractivity contribution in [3.05, 3.63) is 28.5 Å². The van der Waals surface area contributed by atoms with Crippen LogP contribution in [-0.4, -0.2) is 9.55 Å². The van der Waals surface area contributed by atoms with E-state index in [1.165, 1.54) is 6.07 Å². The zero-order valence-corrected chi connectivity index (χ0v) is 9.25. The molecule has 0 spiro atoms. The fraction of sp³-hybridized carbons (Fsp3) is 0.300. The zero-order valence-electron chi connectivity index (χ0n) is 8.43. The Morgan fingerprint density at radius 2 is 2.06 bits per heavy atom. The highest BCUT2D eigenvalue weighted by Crippen LogP contribution is 2.31. The number of hydrogen-bond donors (Lipinski definition) is 1. The Morgan fingerprint density at radius 3 is 2.62 bits per heavy atom. The second-order valence-corrected chi connectivity index (χ2v) is 3.79. The Balaban J connectivity index is 2.70. The van der Waals surface area contributed by atoms with E-state index in [9.17, 15) is 13.2 Å². The van der Waals surface area contributed by atoms with Gasteiger partial charge in [0.05, 0.1) is 16.6 Å². The number of nitrogens with one attached hydrogen (secondary N) is 1. The van der Waals surface area contributed by atoms with E-state index in [2.05, 4.69) is 4.98 Å². The molecule has 0 unspecified atom stereocenters. The maximum Gasteiger partial charge on any atom is 0.416 e. The smallest absolute Gasteiger partial charge is 0.331 e. The van der Waals surface area contributed by atoms with Gasteiger partial charge in [-0.05, 0) is 37.3 Å². The number of alkyl halides is 3. The predicted molar refractivity (Wildman–Crippen MR) is 57.8 cm³/mol. The minimum Gasteiger partial charge on any atom is -0.331 e. The standard InChI is InChI=1S/C10H9F3N2S/c1-2-15-8-4-3-6(10(11,12)13)5-7(8)14-9(15)16/h3-5H,2H2,1H3,(H,14,16). The molecule has 0 aliphatic rings. The van der Waals surface area contributed by atoms with Crippen LogP contribution in [0, 0.1) is 4.77 Å². The molecule has 1 aromatic heterocycles. The van der Waals surface area contributed by atoms with Crippen molar-refractivity contribution < 1.29 is 13.2 Å². The van der Waals surface area contributed by atoms with Gasteiger partial charge in [0.25, 0.3) is 0 Å². The van der Waals surface area contributed by atoms with Crippen molar-refractivity contribution in [2.45, 2.75) is 19.6 Å². The lowest BCUT2D eigenvalue weighted by Gasteiger charge is -2.06. The molecule has 2 nitrogen and oxygen atoms in total. The highest BCUT2D eigenvalue weighted by Gasteiger charge is 2.30. The van der Waals surface area contributed by atoms with Crippen molar-refractivity contribution in [1.82, 2.24) is 9.55 Å². The Kier molecular flexibility index (Phi) is 2.53. The molecular weight excluding hydrogens is 237 g/mol. The Hall–Kier alpha value is -1.30. The number of aryl methyl sites for hydroxylation is 1. The average Bonchev–Trinajstić information content (AvgIpc) is 2.50. The van der Waals surface area contributed by atoms with Crippen LogP contribution in [0.4, 0.5) is 13.2 Å². The molecule has 1 N–H and O–H groups in total. The third kappa shape index (κ3) is 1.73. The first kappa shape index (κ1) is 11.2. The fourth-order valence-corrected chi connectivity index (χ4v) is 1.99. The second-order valence-electron chi connectivity index (χ2n) is 3.40. The molecule has 0 fully saturated rings. The number of fused-ring (bicyclic) bond motifs is 1. The molecule has 0 radical (unpaired) electrons. The first-order valence-electron chi connectivity index (χ1n) is 4.73. The van der Waals surface area contributed by atoms with Crippen LogP contribution in [-0.2, 0) is 12.7 Å². The summed E-state index contributed by atoms with van der Waals surface area (Å²) in [7, 11) is 0. The Labute approximate surface area is 94.7 Å². The Morgan fingerprint density at radius 1 is 1.38 bits per heavy atom. The number of aromatic amines is 1. The van der Waals surface area contributed by atoms with Crippen LogP contribution in [0.25, 0.3) is 11.0 Å². The molecular formula is C10H9F3N2S. The van der Waals surface area contributed by atoms with E-state index in [0.717, 1.165) is 12.1 Å². The van der Waals surface area contributed by atoms with Crippen molar-refractivity contribution in [2.75, 3.05) is 0 Å². The quantitative estimate of drug-likeness (QED) is 0.760. The van der Waals surface area contributed by atoms with Gasteiger partial charge in [0, 0.05) is 6.54 Å². The van der Waals surface area contributed by atoms with Crippen LogP contribution >= 0.6 is 12.2 Å². The van der Waals surface area contributed by atoms with Crippen LogP contribution < -0.4 is 0 Å². The second kappa shape index (κ2) is 3.62. The molecule has 0 amide bonds. The van der Waals surface area contributed by atoms with Gasteiger partial charge in [-0.2, -0.15) is 13.2 Å². The van der Waals surface area contributed by atoms with Crippen LogP contribution in [0.15, 0.2) is 18.2 Å². The van der Waals surface area contributed by atoms with E-state index >= 15 is 0 Å². The normalized spacial score (nSPS) is 12.2. The van der Waals surface area contributed by atoms with E-state index in [4.69, 9.17) is 12.2 Å². The van der Waals surface area contributed by atoms with E-state index < -0.39 is 11.7 Å². The van der Waals surface area contributed by atoms with Gasteiger partial charge >= 0.3 is 6.18 Å². The van der Waals surface area contributed by atoms with Crippen molar-refractivity contribution in [3.8, 4) is 0 Å². The highest BCUT2D eigenvalue weighted by molar-refractivity contribution is 7.71. The molecule has 2 aromatic rings. The summed E-state index contributed by atoms with van der Waals surface area (Å²) < 4.78 is 39.6. The van der Waals surface area contributed by atoms with Crippen LogP contribution in [0.2, 0.25) is 0 Å². The maximum atomic E-state index is 12.5. The lowest BCUT2D eigenvalue weighted by atomic mass is 10.2. The average molecular weight is 246 g/mol. The van der Waals surface area contributed by atoms with Crippen molar-refractivity contribution >= 4 is 23.3 Å². The minimum absolute atomic E-state index is 0.418. The number of halogens is 3. The van der Waals surface area contributed by atoms with Gasteiger partial charge in [-0.25, -0.2) is 0 Å². The third-order valence-electron chi connectivity index (χ3n) is 2.42. The van der Waals surface area contributed by atoms with Crippen LogP contribution in [0.5, 0.6) is 0 Å². The number of benzene rings is 1. The zero-order chi connectivity index (χ0) is 11.9. The van der Waals surface area contributed by atoms with Gasteiger partial charge in [0.1, 0.15) is 0 Å². The summed E-state index contributed by atoms with van der Waals surface area (Å²) in [4.78, 5) is 2.77. The number of H-pyrrole nitrogens is 1. The number of nitrogens with zero attached hydrogens (tertiary/aromatic N) is 1. The summed E-state index contributed by atoms with van der Waals surface area (Å²) in [6, 6.07) is 3.59. The monoisotopic (exact) mass is 246 g/mol. The number of rotatable bonds is 1. The molecule has 1 aromatic carbocycles. The number of hydrogen-bond acceptors (Lipinski definition) is 1. The van der Waals surface area contributed by atoms with E-state index in [1.54, 1.807) is 4.57 Å². The summed E-state index contributed by atoms with van der Waals surface area (Å²) in [5, 5.41) is 0. The molecule has 0 aliphatic carbocycles. The third-order valence-corrected chi connectivity index (χ3v) is 2.74. The van der Waals surface area contributed by atoms with Gasteiger partial charge in [-0.1, -0.05) is 0 Å². The molecule has 0 atom stereocenters. The summed E-state index contributed by atoms with van der Waals surface area (Å²) >= 11 is 5.01. The Bertz CT molecular complexity index is 580. The predicted octanol–water partition coefficient (Wildman–Crippen LogP) is 3.74. The molecule has 16 heavy (non-hydrogen) atoms. The van der Waals surface area contributed by atoms with Crippen molar-refractivity contribution in [3.63, 3.8) is 0 Å². The maximum absolute atomic E-state index is 12.5. The summed E-state index contributed by atoms with van der Waals surface area (Å²) in [5.41, 5.74) is 0.446. The van der Waals surface area contributed by atoms with Gasteiger partial charge in [-0.3, -0.25) is 0 Å². The minimum atomic E-state index is -4.32. The van der Waals surface area contributed by atoms with Gasteiger partial charge in [0.2, 0.25) is 0 Å². The molecule has 0 saturated heterocycles. The van der Waals surface area contributed by atoms with Gasteiger partial charge < -0.3 is 9.55 Å². The van der Waals surface area contributed by atoms with Gasteiger partial charge in [0.15, 0.2) is 4.77 Å². The topological polar surface area (TPSA) is 20.7 Å². The van der Waals surface area contributed by atoms with E-state index in [1.807, 2.05) is 6.92 Å². The number of aromatic nitrogens is 2. The molecule has 0 aliphatic heterocycles. The van der Waals surface area contributed by atoms with Crippen molar-refractivity contribution in [2.24, 2.45) is 0 Å². The fourth-order valence-electron chi connectivity index (χ4n) is 1.65. The molecule has 86 valence electrons. The summed E-state index contributed by atoms with van der Waals surface area (Å²) in [5.74, 6) is 0. The first-order valence-corrected chi connectivity index (χ1v) is 5.14. The van der Waals surface area contributed by atoms with Crippen molar-refractivity contribution in [1.29, 1.82) is 0 Å². The molecule has 6 heteroatoms. The molecule has 0 bridgehead atoms. The lowest BCUT2D eigenvalue weighted by molar-refractivity contribution is -0.137. The van der Waals surface area contributed by atoms with E-state index in [0.29, 0.717) is 22.3 Å². The van der Waals surface area contributed by atoms with E-state index in [-0.39, 0.29) is 0 Å². The summed E-state index contributed by atoms with van der Waals surface area (Å²) in [6.45, 7) is 2.52. The molecule has 1 heterocycles. The number of imidazole rings is 1. The first-order chi connectivity index (χ1) is 7.43. The van der Waals surface area contributed by atoms with Crippen LogP contribution in [0.1, 0.15) is 12.5 Å². The largest absolute Gasteiger partial charge is 0.416 e. The van der Waals surface area contributed by atoms with Gasteiger partial charge in [-0.15, -0.1) is 0 Å². The SMILES string of the molecule is CCn1c(=S)[nH]c2cc(C(F)(F)F)ccc21. The molecule has 2 rings (SSSR count). The highest BCUT2D eigenvalue weighted by atomic mass is 32.1. The van der Waals surface area contributed by atoms with Crippen LogP contribution in [0.3, 0.4) is 0 Å². The summed E-state index contributed by atoms with van der Waals surface area (Å²) in [6.07, 6.45) is -4.32. The lowest BCUT2D eigenvalue weighted by Crippen LogP contribution is -2.04.